The summed E-state index contributed by atoms with van der Waals surface area (Å²) < 4.78 is 5.61. The molecule has 2 fully saturated rings. The molecule has 1 aliphatic heterocycles. The molecule has 6 nitrogen and oxygen atoms in total. The highest BCUT2D eigenvalue weighted by atomic mass is 16.5. The molecule has 0 aromatic carbocycles. The van der Waals surface area contributed by atoms with Gasteiger partial charge in [-0.25, -0.2) is 4.98 Å². The minimum atomic E-state index is 0.261. The minimum Gasteiger partial charge on any atom is -0.375 e. The van der Waals surface area contributed by atoms with Crippen molar-refractivity contribution >= 4 is 11.8 Å². The van der Waals surface area contributed by atoms with Crippen molar-refractivity contribution in [3.8, 4) is 0 Å². The molecular weight excluding hydrogens is 302 g/mol. The van der Waals surface area contributed by atoms with Crippen molar-refractivity contribution in [3.05, 3.63) is 23.9 Å². The Kier molecular flexibility index (Phi) is 5.91. The lowest BCUT2D eigenvalue weighted by Crippen LogP contribution is -2.42. The lowest BCUT2D eigenvalue weighted by molar-refractivity contribution is 0.0529. The van der Waals surface area contributed by atoms with Crippen LogP contribution in [0.3, 0.4) is 0 Å². The summed E-state index contributed by atoms with van der Waals surface area (Å²) in [6, 6.07) is 4.79. The summed E-state index contributed by atoms with van der Waals surface area (Å²) in [6.07, 6.45) is 7.28. The standard InChI is InChI=1S/C18H29N5O/c1-14-13-23(9-10-24-14)17-11-15(7-8-20-17)12-21-18(19-2)22-16-5-3-4-6-16/h7-8,11,14,16H,3-6,9-10,12-13H2,1-2H3,(H2,19,21,22). The first kappa shape index (κ1) is 17.0. The number of nitrogens with zero attached hydrogens (tertiary/aromatic N) is 3. The fourth-order valence-electron chi connectivity index (χ4n) is 3.41. The number of ether oxygens (including phenoxy) is 1. The topological polar surface area (TPSA) is 61.8 Å². The molecule has 6 heteroatoms. The maximum atomic E-state index is 5.61. The second-order valence-electron chi connectivity index (χ2n) is 6.70. The largest absolute Gasteiger partial charge is 0.375 e. The second kappa shape index (κ2) is 8.33. The molecule has 24 heavy (non-hydrogen) atoms. The molecular formula is C18H29N5O. The van der Waals surface area contributed by atoms with Gasteiger partial charge in [-0.15, -0.1) is 0 Å². The third-order valence-electron chi connectivity index (χ3n) is 4.75. The van der Waals surface area contributed by atoms with Gasteiger partial charge in [0.2, 0.25) is 0 Å². The minimum absolute atomic E-state index is 0.261. The van der Waals surface area contributed by atoms with Gasteiger partial charge in [0.15, 0.2) is 5.96 Å². The summed E-state index contributed by atoms with van der Waals surface area (Å²) in [7, 11) is 1.83. The van der Waals surface area contributed by atoms with Gasteiger partial charge in [-0.2, -0.15) is 0 Å². The Morgan fingerprint density at radius 1 is 1.42 bits per heavy atom. The van der Waals surface area contributed by atoms with Crippen LogP contribution in [0.5, 0.6) is 0 Å². The van der Waals surface area contributed by atoms with E-state index in [1.54, 1.807) is 0 Å². The van der Waals surface area contributed by atoms with Gasteiger partial charge in [0, 0.05) is 38.9 Å². The summed E-state index contributed by atoms with van der Waals surface area (Å²) in [5, 5.41) is 6.94. The van der Waals surface area contributed by atoms with Crippen molar-refractivity contribution in [2.24, 2.45) is 4.99 Å². The van der Waals surface area contributed by atoms with Gasteiger partial charge in [-0.3, -0.25) is 4.99 Å². The third-order valence-corrected chi connectivity index (χ3v) is 4.75. The number of nitrogens with one attached hydrogen (secondary N) is 2. The van der Waals surface area contributed by atoms with Gasteiger partial charge < -0.3 is 20.3 Å². The van der Waals surface area contributed by atoms with Crippen molar-refractivity contribution < 1.29 is 4.74 Å². The zero-order chi connectivity index (χ0) is 16.8. The molecule has 2 N–H and O–H groups in total. The predicted octanol–water partition coefficient (Wildman–Crippen LogP) is 1.91. The lowest BCUT2D eigenvalue weighted by atomic mass is 10.2. The molecule has 0 bridgehead atoms. The average molecular weight is 331 g/mol. The van der Waals surface area contributed by atoms with E-state index in [1.165, 1.54) is 31.2 Å². The molecule has 0 radical (unpaired) electrons. The molecule has 132 valence electrons. The summed E-state index contributed by atoms with van der Waals surface area (Å²) in [5.41, 5.74) is 1.22. The van der Waals surface area contributed by atoms with Crippen LogP contribution in [-0.2, 0) is 11.3 Å². The average Bonchev–Trinajstić information content (AvgIpc) is 3.12. The van der Waals surface area contributed by atoms with E-state index in [1.807, 2.05) is 13.2 Å². The Balaban J connectivity index is 1.55. The van der Waals surface area contributed by atoms with E-state index in [4.69, 9.17) is 4.74 Å². The summed E-state index contributed by atoms with van der Waals surface area (Å²) >= 11 is 0. The second-order valence-corrected chi connectivity index (χ2v) is 6.70. The number of guanidine groups is 1. The van der Waals surface area contributed by atoms with Gasteiger partial charge in [-0.1, -0.05) is 12.8 Å². The molecule has 1 unspecified atom stereocenters. The van der Waals surface area contributed by atoms with E-state index in [9.17, 15) is 0 Å². The van der Waals surface area contributed by atoms with E-state index in [2.05, 4.69) is 44.6 Å². The van der Waals surface area contributed by atoms with E-state index in [-0.39, 0.29) is 6.10 Å². The molecule has 1 saturated heterocycles. The lowest BCUT2D eigenvalue weighted by Gasteiger charge is -2.32. The first-order valence-corrected chi connectivity index (χ1v) is 9.03. The molecule has 1 aromatic rings. The van der Waals surface area contributed by atoms with E-state index in [0.717, 1.165) is 38.0 Å². The summed E-state index contributed by atoms with van der Waals surface area (Å²) in [4.78, 5) is 11.2. The quantitative estimate of drug-likeness (QED) is 0.652. The van der Waals surface area contributed by atoms with Crippen molar-refractivity contribution in [3.63, 3.8) is 0 Å². The first-order valence-electron chi connectivity index (χ1n) is 9.03. The van der Waals surface area contributed by atoms with E-state index in [0.29, 0.717) is 6.04 Å². The number of morpholine rings is 1. The van der Waals surface area contributed by atoms with Gasteiger partial charge in [0.25, 0.3) is 0 Å². The molecule has 2 aliphatic rings. The van der Waals surface area contributed by atoms with Gasteiger partial charge >= 0.3 is 0 Å². The molecule has 1 aromatic heterocycles. The number of hydrogen-bond donors (Lipinski definition) is 2. The van der Waals surface area contributed by atoms with Crippen LogP contribution >= 0.6 is 0 Å². The van der Waals surface area contributed by atoms with Gasteiger partial charge in [0.1, 0.15) is 5.82 Å². The molecule has 1 saturated carbocycles. The fraction of sp³-hybridized carbons (Fsp3) is 0.667. The Hall–Kier alpha value is -1.82. The zero-order valence-corrected chi connectivity index (χ0v) is 14.8. The molecule has 1 atom stereocenters. The Morgan fingerprint density at radius 3 is 3.00 bits per heavy atom. The molecule has 0 spiro atoms. The van der Waals surface area contributed by atoms with Crippen LogP contribution in [0.4, 0.5) is 5.82 Å². The number of aromatic nitrogens is 1. The maximum absolute atomic E-state index is 5.61. The van der Waals surface area contributed by atoms with Crippen molar-refractivity contribution in [1.82, 2.24) is 15.6 Å². The molecule has 2 heterocycles. The highest BCUT2D eigenvalue weighted by Crippen LogP contribution is 2.18. The fourth-order valence-corrected chi connectivity index (χ4v) is 3.41. The van der Waals surface area contributed by atoms with Crippen molar-refractivity contribution in [2.75, 3.05) is 31.6 Å². The summed E-state index contributed by atoms with van der Waals surface area (Å²) in [5.74, 6) is 1.92. The Labute approximate surface area is 144 Å². The highest BCUT2D eigenvalue weighted by molar-refractivity contribution is 5.80. The number of anilines is 1. The van der Waals surface area contributed by atoms with Crippen molar-refractivity contribution in [2.45, 2.75) is 51.3 Å². The number of rotatable bonds is 4. The number of aliphatic imine (C=N–C) groups is 1. The number of hydrogen-bond acceptors (Lipinski definition) is 4. The highest BCUT2D eigenvalue weighted by Gasteiger charge is 2.18. The monoisotopic (exact) mass is 331 g/mol. The van der Waals surface area contributed by atoms with Crippen LogP contribution in [0, 0.1) is 0 Å². The van der Waals surface area contributed by atoms with Crippen LogP contribution in [-0.4, -0.2) is 49.8 Å². The SMILES string of the molecule is CN=C(NCc1ccnc(N2CCOC(C)C2)c1)NC1CCCC1. The van der Waals surface area contributed by atoms with Crippen LogP contribution in [0.15, 0.2) is 23.3 Å². The number of pyridine rings is 1. The summed E-state index contributed by atoms with van der Waals surface area (Å²) in [6.45, 7) is 5.43. The Bertz CT molecular complexity index is 556. The Morgan fingerprint density at radius 2 is 2.25 bits per heavy atom. The first-order chi connectivity index (χ1) is 11.7. The molecule has 1 aliphatic carbocycles. The van der Waals surface area contributed by atoms with Gasteiger partial charge in [0.05, 0.1) is 12.7 Å². The third kappa shape index (κ3) is 4.60. The van der Waals surface area contributed by atoms with Crippen LogP contribution in [0.2, 0.25) is 0 Å². The maximum Gasteiger partial charge on any atom is 0.191 e. The van der Waals surface area contributed by atoms with Crippen molar-refractivity contribution in [1.29, 1.82) is 0 Å². The smallest absolute Gasteiger partial charge is 0.191 e. The normalized spacial score (nSPS) is 22.7. The molecule has 3 rings (SSSR count). The predicted molar refractivity (Wildman–Crippen MR) is 97.5 cm³/mol. The zero-order valence-electron chi connectivity index (χ0n) is 14.8. The van der Waals surface area contributed by atoms with E-state index >= 15 is 0 Å². The van der Waals surface area contributed by atoms with Crippen LogP contribution in [0.25, 0.3) is 0 Å². The van der Waals surface area contributed by atoms with Crippen LogP contribution in [0.1, 0.15) is 38.2 Å². The van der Waals surface area contributed by atoms with E-state index < -0.39 is 0 Å². The molecule has 0 amide bonds. The van der Waals surface area contributed by atoms with Crippen LogP contribution < -0.4 is 15.5 Å². The van der Waals surface area contributed by atoms with Gasteiger partial charge in [-0.05, 0) is 37.5 Å².